The minimum Gasteiger partial charge on any atom is -0.480 e. The van der Waals surface area contributed by atoms with Gasteiger partial charge in [-0.15, -0.1) is 0 Å². The lowest BCUT2D eigenvalue weighted by atomic mass is 9.99. The molecule has 0 spiro atoms. The molecule has 9 nitrogen and oxygen atoms in total. The van der Waals surface area contributed by atoms with E-state index in [0.29, 0.717) is 11.4 Å². The van der Waals surface area contributed by atoms with Crippen molar-refractivity contribution in [1.29, 1.82) is 0 Å². The summed E-state index contributed by atoms with van der Waals surface area (Å²) < 4.78 is 0. The van der Waals surface area contributed by atoms with Crippen LogP contribution in [0.4, 0.5) is 5.69 Å². The number of hydrogen-bond acceptors (Lipinski definition) is 5. The van der Waals surface area contributed by atoms with E-state index in [2.05, 4.69) is 10.6 Å². The number of nitrogen functional groups attached to an aromatic ring is 1. The summed E-state index contributed by atoms with van der Waals surface area (Å²) >= 11 is 5.92. The number of carbonyl (C=O) groups excluding carboxylic acids is 3. The summed E-state index contributed by atoms with van der Waals surface area (Å²) in [6, 6.07) is 2.71. The Hall–Kier alpha value is -2.81. The number of aliphatic carboxylic acids is 1. The first-order valence-corrected chi connectivity index (χ1v) is 9.53. The molecule has 0 heterocycles. The third-order valence-electron chi connectivity index (χ3n) is 4.10. The highest BCUT2D eigenvalue weighted by Gasteiger charge is 2.24. The van der Waals surface area contributed by atoms with Crippen molar-refractivity contribution < 1.29 is 24.3 Å². The van der Waals surface area contributed by atoms with Gasteiger partial charge in [0.25, 0.3) is 5.91 Å². The molecule has 1 aromatic rings. The lowest BCUT2D eigenvalue weighted by Crippen LogP contribution is -2.45. The second kappa shape index (κ2) is 11.3. The van der Waals surface area contributed by atoms with E-state index in [0.717, 1.165) is 0 Å². The van der Waals surface area contributed by atoms with Gasteiger partial charge >= 0.3 is 5.97 Å². The van der Waals surface area contributed by atoms with Gasteiger partial charge < -0.3 is 27.2 Å². The van der Waals surface area contributed by atoms with E-state index in [1.54, 1.807) is 6.07 Å². The van der Waals surface area contributed by atoms with Crippen LogP contribution in [-0.4, -0.2) is 40.9 Å². The van der Waals surface area contributed by atoms with Crippen molar-refractivity contribution in [2.24, 2.45) is 11.7 Å². The van der Waals surface area contributed by atoms with Crippen LogP contribution in [0.5, 0.6) is 0 Å². The Kier molecular flexibility index (Phi) is 9.40. The molecule has 0 aliphatic heterocycles. The number of halogens is 1. The van der Waals surface area contributed by atoms with Gasteiger partial charge in [0, 0.05) is 29.6 Å². The highest BCUT2D eigenvalue weighted by Crippen LogP contribution is 2.19. The van der Waals surface area contributed by atoms with Crippen molar-refractivity contribution in [3.8, 4) is 0 Å². The number of carboxylic acids is 1. The summed E-state index contributed by atoms with van der Waals surface area (Å²) in [6.07, 6.45) is 0.0670. The van der Waals surface area contributed by atoms with Crippen LogP contribution in [0.2, 0.25) is 5.02 Å². The van der Waals surface area contributed by atoms with E-state index < -0.39 is 35.8 Å². The van der Waals surface area contributed by atoms with E-state index in [4.69, 9.17) is 23.1 Å². The predicted molar refractivity (Wildman–Crippen MR) is 109 cm³/mol. The standard InChI is InChI=1S/C19H27ClN4O5/c1-10(2)7-12(23-18(27)13-8-11(20)3-4-14(13)21)9-17(26)24-15(19(28)29)5-6-16(22)25/h3-4,8,10,12,15H,5-7,9,21H2,1-2H3,(H2,22,25)(H,23,27)(H,24,26)(H,28,29)/t12-,15-/m1/s1. The summed E-state index contributed by atoms with van der Waals surface area (Å²) in [7, 11) is 0. The summed E-state index contributed by atoms with van der Waals surface area (Å²) in [4.78, 5) is 47.1. The molecule has 0 radical (unpaired) electrons. The molecular weight excluding hydrogens is 400 g/mol. The Balaban J connectivity index is 2.82. The normalized spacial score (nSPS) is 12.8. The topological polar surface area (TPSA) is 165 Å². The molecule has 0 saturated carbocycles. The van der Waals surface area contributed by atoms with Crippen molar-refractivity contribution in [2.75, 3.05) is 5.73 Å². The van der Waals surface area contributed by atoms with Crippen molar-refractivity contribution in [1.82, 2.24) is 10.6 Å². The predicted octanol–water partition coefficient (Wildman–Crippen LogP) is 1.29. The number of nitrogens with one attached hydrogen (secondary N) is 2. The van der Waals surface area contributed by atoms with Crippen molar-refractivity contribution in [2.45, 2.75) is 51.6 Å². The number of carboxylic acid groups (broad SMARTS) is 1. The fourth-order valence-corrected chi connectivity index (χ4v) is 2.94. The average molecular weight is 427 g/mol. The Labute approximate surface area is 174 Å². The number of anilines is 1. The smallest absolute Gasteiger partial charge is 0.326 e. The Morgan fingerprint density at radius 1 is 1.17 bits per heavy atom. The van der Waals surface area contributed by atoms with Crippen LogP contribution in [0.3, 0.4) is 0 Å². The largest absolute Gasteiger partial charge is 0.480 e. The van der Waals surface area contributed by atoms with E-state index >= 15 is 0 Å². The van der Waals surface area contributed by atoms with Crippen molar-refractivity contribution in [3.05, 3.63) is 28.8 Å². The zero-order valence-electron chi connectivity index (χ0n) is 16.4. The number of carbonyl (C=O) groups is 4. The first-order valence-electron chi connectivity index (χ1n) is 9.16. The zero-order chi connectivity index (χ0) is 22.1. The minimum absolute atomic E-state index is 0.114. The molecule has 10 heteroatoms. The summed E-state index contributed by atoms with van der Waals surface area (Å²) in [6.45, 7) is 3.86. The first kappa shape index (κ1) is 24.2. The molecule has 160 valence electrons. The number of hydrogen-bond donors (Lipinski definition) is 5. The van der Waals surface area contributed by atoms with Crippen LogP contribution in [0.1, 0.15) is 49.9 Å². The Bertz CT molecular complexity index is 769. The van der Waals surface area contributed by atoms with Gasteiger partial charge in [0.05, 0.1) is 5.56 Å². The van der Waals surface area contributed by atoms with Crippen LogP contribution >= 0.6 is 11.6 Å². The lowest BCUT2D eigenvalue weighted by molar-refractivity contribution is -0.142. The second-order valence-corrected chi connectivity index (χ2v) is 7.64. The molecule has 0 aromatic heterocycles. The summed E-state index contributed by atoms with van der Waals surface area (Å²) in [5.74, 6) is -2.81. The maximum atomic E-state index is 12.6. The summed E-state index contributed by atoms with van der Waals surface area (Å²) in [5.41, 5.74) is 11.3. The van der Waals surface area contributed by atoms with Crippen molar-refractivity contribution >= 4 is 41.0 Å². The Morgan fingerprint density at radius 2 is 1.83 bits per heavy atom. The third kappa shape index (κ3) is 8.82. The number of amides is 3. The number of benzene rings is 1. The van der Waals surface area contributed by atoms with Crippen LogP contribution in [-0.2, 0) is 14.4 Å². The Morgan fingerprint density at radius 3 is 2.38 bits per heavy atom. The maximum absolute atomic E-state index is 12.6. The monoisotopic (exact) mass is 426 g/mol. The van der Waals surface area contributed by atoms with Crippen LogP contribution in [0.25, 0.3) is 0 Å². The molecule has 7 N–H and O–H groups in total. The number of nitrogens with two attached hydrogens (primary N) is 2. The maximum Gasteiger partial charge on any atom is 0.326 e. The third-order valence-corrected chi connectivity index (χ3v) is 4.33. The number of rotatable bonds is 11. The van der Waals surface area contributed by atoms with E-state index in [1.165, 1.54) is 12.1 Å². The van der Waals surface area contributed by atoms with Gasteiger partial charge in [0.2, 0.25) is 11.8 Å². The molecule has 1 rings (SSSR count). The number of primary amides is 1. The van der Waals surface area contributed by atoms with Crippen molar-refractivity contribution in [3.63, 3.8) is 0 Å². The molecule has 0 saturated heterocycles. The fraction of sp³-hybridized carbons (Fsp3) is 0.474. The lowest BCUT2D eigenvalue weighted by Gasteiger charge is -2.22. The molecular formula is C19H27ClN4O5. The minimum atomic E-state index is -1.27. The van der Waals surface area contributed by atoms with Gasteiger partial charge in [-0.3, -0.25) is 14.4 Å². The van der Waals surface area contributed by atoms with Crippen LogP contribution in [0.15, 0.2) is 18.2 Å². The zero-order valence-corrected chi connectivity index (χ0v) is 17.2. The van der Waals surface area contributed by atoms with Gasteiger partial charge in [-0.1, -0.05) is 25.4 Å². The molecule has 0 fully saturated rings. The first-order chi connectivity index (χ1) is 13.5. The van der Waals surface area contributed by atoms with Gasteiger partial charge in [0.15, 0.2) is 0 Å². The molecule has 1 aromatic carbocycles. The quantitative estimate of drug-likeness (QED) is 0.334. The van der Waals surface area contributed by atoms with Crippen LogP contribution in [0, 0.1) is 5.92 Å². The average Bonchev–Trinajstić information content (AvgIpc) is 2.59. The van der Waals surface area contributed by atoms with Gasteiger partial charge in [0.1, 0.15) is 6.04 Å². The molecule has 29 heavy (non-hydrogen) atoms. The molecule has 0 bridgehead atoms. The van der Waals surface area contributed by atoms with Gasteiger partial charge in [-0.2, -0.15) is 0 Å². The van der Waals surface area contributed by atoms with Crippen LogP contribution < -0.4 is 22.1 Å². The molecule has 0 unspecified atom stereocenters. The highest BCUT2D eigenvalue weighted by atomic mass is 35.5. The van der Waals surface area contributed by atoms with Gasteiger partial charge in [-0.05, 0) is 37.0 Å². The highest BCUT2D eigenvalue weighted by molar-refractivity contribution is 6.31. The van der Waals surface area contributed by atoms with E-state index in [9.17, 15) is 24.3 Å². The second-order valence-electron chi connectivity index (χ2n) is 7.20. The fourth-order valence-electron chi connectivity index (χ4n) is 2.77. The van der Waals surface area contributed by atoms with E-state index in [-0.39, 0.29) is 36.4 Å². The summed E-state index contributed by atoms with van der Waals surface area (Å²) in [5, 5.41) is 14.7. The molecule has 2 atom stereocenters. The molecule has 0 aliphatic rings. The van der Waals surface area contributed by atoms with Gasteiger partial charge in [-0.25, -0.2) is 4.79 Å². The molecule has 3 amide bonds. The SMILES string of the molecule is CC(C)C[C@H](CC(=O)N[C@H](CCC(N)=O)C(=O)O)NC(=O)c1cc(Cl)ccc1N. The molecule has 0 aliphatic carbocycles. The van der Waals surface area contributed by atoms with E-state index in [1.807, 2.05) is 13.8 Å².